The summed E-state index contributed by atoms with van der Waals surface area (Å²) in [6.45, 7) is 8.88. The molecule has 4 bridgehead atoms. The summed E-state index contributed by atoms with van der Waals surface area (Å²) in [5, 5.41) is 21.6. The van der Waals surface area contributed by atoms with Crippen molar-refractivity contribution in [1.82, 2.24) is 0 Å². The van der Waals surface area contributed by atoms with E-state index in [9.17, 15) is 10.2 Å². The molecule has 0 aromatic carbocycles. The van der Waals surface area contributed by atoms with E-state index in [-0.39, 0.29) is 16.9 Å². The molecular formula is C15H26O2. The molecular weight excluding hydrogens is 212 g/mol. The molecule has 0 aliphatic heterocycles. The van der Waals surface area contributed by atoms with Gasteiger partial charge in [-0.2, -0.15) is 0 Å². The largest absolute Gasteiger partial charge is 0.393 e. The number of aliphatic hydroxyl groups excluding tert-OH is 1. The number of aliphatic hydroxyl groups is 2. The van der Waals surface area contributed by atoms with Gasteiger partial charge >= 0.3 is 0 Å². The maximum atomic E-state index is 11.3. The van der Waals surface area contributed by atoms with E-state index in [1.807, 2.05) is 0 Å². The van der Waals surface area contributed by atoms with Crippen molar-refractivity contribution in [2.75, 3.05) is 0 Å². The Morgan fingerprint density at radius 3 is 2.47 bits per heavy atom. The van der Waals surface area contributed by atoms with Crippen LogP contribution >= 0.6 is 0 Å². The molecule has 0 spiro atoms. The molecule has 4 aliphatic rings. The Labute approximate surface area is 104 Å². The molecule has 6 atom stereocenters. The van der Waals surface area contributed by atoms with Crippen molar-refractivity contribution >= 4 is 0 Å². The molecule has 2 heteroatoms. The molecule has 4 rings (SSSR count). The summed E-state index contributed by atoms with van der Waals surface area (Å²) in [7, 11) is 0. The van der Waals surface area contributed by atoms with Gasteiger partial charge in [0.2, 0.25) is 0 Å². The smallest absolute Gasteiger partial charge is 0.0781 e. The van der Waals surface area contributed by atoms with E-state index < -0.39 is 5.60 Å². The first kappa shape index (κ1) is 12.0. The van der Waals surface area contributed by atoms with Gasteiger partial charge in [-0.05, 0) is 42.4 Å². The van der Waals surface area contributed by atoms with Crippen molar-refractivity contribution in [3.8, 4) is 0 Å². The summed E-state index contributed by atoms with van der Waals surface area (Å²) in [5.41, 5.74) is -0.695. The van der Waals surface area contributed by atoms with Gasteiger partial charge < -0.3 is 10.2 Å². The summed E-state index contributed by atoms with van der Waals surface area (Å²) >= 11 is 0. The summed E-state index contributed by atoms with van der Waals surface area (Å²) in [6.07, 6.45) is 3.84. The second-order valence-corrected chi connectivity index (χ2v) is 7.71. The molecule has 4 aliphatic carbocycles. The van der Waals surface area contributed by atoms with Crippen LogP contribution in [0.2, 0.25) is 0 Å². The minimum Gasteiger partial charge on any atom is -0.393 e. The van der Waals surface area contributed by atoms with Crippen LogP contribution in [0.3, 0.4) is 0 Å². The second kappa shape index (κ2) is 3.08. The van der Waals surface area contributed by atoms with Crippen LogP contribution in [0.25, 0.3) is 0 Å². The zero-order valence-corrected chi connectivity index (χ0v) is 11.5. The first-order chi connectivity index (χ1) is 7.74. The fourth-order valence-corrected chi connectivity index (χ4v) is 5.63. The van der Waals surface area contributed by atoms with E-state index in [0.29, 0.717) is 24.2 Å². The molecule has 0 amide bonds. The highest BCUT2D eigenvalue weighted by atomic mass is 16.3. The molecule has 2 nitrogen and oxygen atoms in total. The predicted molar refractivity (Wildman–Crippen MR) is 67.5 cm³/mol. The fourth-order valence-electron chi connectivity index (χ4n) is 5.63. The van der Waals surface area contributed by atoms with Gasteiger partial charge in [0.15, 0.2) is 0 Å². The summed E-state index contributed by atoms with van der Waals surface area (Å²) in [6, 6.07) is 0. The van der Waals surface area contributed by atoms with E-state index in [1.54, 1.807) is 0 Å². The minimum atomic E-state index is -0.669. The lowest BCUT2D eigenvalue weighted by Gasteiger charge is -2.72. The Morgan fingerprint density at radius 1 is 1.18 bits per heavy atom. The minimum absolute atomic E-state index is 0.0178. The maximum absolute atomic E-state index is 11.3. The van der Waals surface area contributed by atoms with Crippen LogP contribution < -0.4 is 0 Å². The highest BCUT2D eigenvalue weighted by Gasteiger charge is 2.71. The molecule has 4 saturated carbocycles. The van der Waals surface area contributed by atoms with Crippen LogP contribution in [0.1, 0.15) is 53.4 Å². The summed E-state index contributed by atoms with van der Waals surface area (Å²) in [4.78, 5) is 0. The average Bonchev–Trinajstić information content (AvgIpc) is 2.24. The first-order valence-corrected chi connectivity index (χ1v) is 7.14. The lowest BCUT2D eigenvalue weighted by molar-refractivity contribution is -0.308. The van der Waals surface area contributed by atoms with Crippen LogP contribution in [0, 0.1) is 28.6 Å². The first-order valence-electron chi connectivity index (χ1n) is 7.14. The monoisotopic (exact) mass is 238 g/mol. The molecule has 98 valence electrons. The third-order valence-electron chi connectivity index (χ3n) is 7.15. The topological polar surface area (TPSA) is 40.5 Å². The maximum Gasteiger partial charge on any atom is 0.0781 e. The van der Waals surface area contributed by atoms with Gasteiger partial charge in [0.05, 0.1) is 11.7 Å². The van der Waals surface area contributed by atoms with Gasteiger partial charge in [-0.1, -0.05) is 27.7 Å². The van der Waals surface area contributed by atoms with Crippen molar-refractivity contribution in [3.63, 3.8) is 0 Å². The standard InChI is InChI=1S/C15H26O2/c1-9-11-7-10-5-6-14(11,4)15(17,8-12(9)16)13(10,2)3/h9-12,16-17H,5-8H2,1-4H3. The molecule has 6 unspecified atom stereocenters. The average molecular weight is 238 g/mol. The molecule has 17 heavy (non-hydrogen) atoms. The van der Waals surface area contributed by atoms with E-state index in [1.165, 1.54) is 12.8 Å². The van der Waals surface area contributed by atoms with E-state index in [4.69, 9.17) is 0 Å². The lowest BCUT2D eigenvalue weighted by atomic mass is 9.35. The Kier molecular flexibility index (Phi) is 2.17. The van der Waals surface area contributed by atoms with Crippen molar-refractivity contribution < 1.29 is 10.2 Å². The number of rotatable bonds is 0. The summed E-state index contributed by atoms with van der Waals surface area (Å²) < 4.78 is 0. The third kappa shape index (κ3) is 1.10. The Hall–Kier alpha value is -0.0800. The Balaban J connectivity index is 2.14. The fraction of sp³-hybridized carbons (Fsp3) is 1.00. The van der Waals surface area contributed by atoms with E-state index >= 15 is 0 Å². The van der Waals surface area contributed by atoms with Crippen LogP contribution in [-0.4, -0.2) is 21.9 Å². The number of hydrogen-bond donors (Lipinski definition) is 2. The van der Waals surface area contributed by atoms with Crippen molar-refractivity contribution in [3.05, 3.63) is 0 Å². The van der Waals surface area contributed by atoms with Gasteiger partial charge in [-0.3, -0.25) is 0 Å². The van der Waals surface area contributed by atoms with Gasteiger partial charge in [0.25, 0.3) is 0 Å². The molecule has 0 aromatic rings. The molecule has 0 saturated heterocycles. The van der Waals surface area contributed by atoms with Crippen molar-refractivity contribution in [2.45, 2.75) is 65.1 Å². The molecule has 0 heterocycles. The molecule has 2 N–H and O–H groups in total. The van der Waals surface area contributed by atoms with E-state index in [2.05, 4.69) is 27.7 Å². The van der Waals surface area contributed by atoms with Crippen LogP contribution in [-0.2, 0) is 0 Å². The normalized spacial score (nSPS) is 60.4. The summed E-state index contributed by atoms with van der Waals surface area (Å²) in [5.74, 6) is 1.48. The predicted octanol–water partition coefficient (Wildman–Crippen LogP) is 2.58. The highest BCUT2D eigenvalue weighted by Crippen LogP contribution is 2.71. The van der Waals surface area contributed by atoms with Gasteiger partial charge in [0, 0.05) is 11.8 Å². The van der Waals surface area contributed by atoms with Gasteiger partial charge in [-0.25, -0.2) is 0 Å². The molecule has 0 radical (unpaired) electrons. The van der Waals surface area contributed by atoms with E-state index in [0.717, 1.165) is 6.42 Å². The zero-order chi connectivity index (χ0) is 12.6. The van der Waals surface area contributed by atoms with Crippen LogP contribution in [0.5, 0.6) is 0 Å². The van der Waals surface area contributed by atoms with Gasteiger partial charge in [-0.15, -0.1) is 0 Å². The van der Waals surface area contributed by atoms with Crippen LogP contribution in [0.15, 0.2) is 0 Å². The SMILES string of the molecule is CC1C(O)CC2(O)C(C)(C)C3CCC2(C)C1C3. The van der Waals surface area contributed by atoms with Crippen molar-refractivity contribution in [1.29, 1.82) is 0 Å². The second-order valence-electron chi connectivity index (χ2n) is 7.71. The zero-order valence-electron chi connectivity index (χ0n) is 11.5. The third-order valence-corrected chi connectivity index (χ3v) is 7.15. The van der Waals surface area contributed by atoms with Crippen molar-refractivity contribution in [2.24, 2.45) is 28.6 Å². The highest BCUT2D eigenvalue weighted by molar-refractivity contribution is 5.20. The Morgan fingerprint density at radius 2 is 1.82 bits per heavy atom. The molecule has 0 aromatic heterocycles. The quantitative estimate of drug-likeness (QED) is 0.681. The molecule has 4 fully saturated rings. The van der Waals surface area contributed by atoms with Gasteiger partial charge in [0.1, 0.15) is 0 Å². The lowest BCUT2D eigenvalue weighted by Crippen LogP contribution is -2.73. The van der Waals surface area contributed by atoms with Crippen LogP contribution in [0.4, 0.5) is 0 Å². The number of hydrogen-bond acceptors (Lipinski definition) is 2. The Bertz CT molecular complexity index is 351. The number of fused-ring (bicyclic) bond motifs is 1.